The van der Waals surface area contributed by atoms with Crippen molar-refractivity contribution in [3.63, 3.8) is 0 Å². The lowest BCUT2D eigenvalue weighted by molar-refractivity contribution is 0.316. The van der Waals surface area contributed by atoms with Crippen LogP contribution in [-0.4, -0.2) is 36.1 Å². The van der Waals surface area contributed by atoms with Gasteiger partial charge in [-0.25, -0.2) is 0 Å². The van der Waals surface area contributed by atoms with Gasteiger partial charge in [0.2, 0.25) is 0 Å². The van der Waals surface area contributed by atoms with E-state index in [1.807, 2.05) is 0 Å². The second-order valence-corrected chi connectivity index (χ2v) is 5.09. The van der Waals surface area contributed by atoms with Gasteiger partial charge in [-0.05, 0) is 50.7 Å². The van der Waals surface area contributed by atoms with E-state index in [4.69, 9.17) is 0 Å². The predicted molar refractivity (Wildman–Crippen MR) is 84.1 cm³/mol. The second kappa shape index (κ2) is 6.11. The maximum Gasteiger partial charge on any atom is 0.0460 e. The largest absolute Gasteiger partial charge is 0.384 e. The Morgan fingerprint density at radius 2 is 1.89 bits per heavy atom. The molecule has 3 nitrogen and oxygen atoms in total. The number of likely N-dealkylation sites (N-methyl/N-ethyl adjacent to an activating group) is 1. The lowest BCUT2D eigenvalue weighted by atomic mass is 10.1. The molecule has 0 aliphatic heterocycles. The molecule has 104 valence electrons. The van der Waals surface area contributed by atoms with Crippen molar-refractivity contribution in [2.75, 3.05) is 31.5 Å². The van der Waals surface area contributed by atoms with Crippen LogP contribution in [0, 0.1) is 13.8 Å². The molecule has 0 unspecified atom stereocenters. The molecule has 0 aliphatic carbocycles. The fraction of sp³-hybridized carbons (Fsp3) is 0.500. The van der Waals surface area contributed by atoms with Gasteiger partial charge in [0.25, 0.3) is 0 Å². The zero-order chi connectivity index (χ0) is 13.8. The van der Waals surface area contributed by atoms with Crippen molar-refractivity contribution in [3.8, 4) is 0 Å². The van der Waals surface area contributed by atoms with Gasteiger partial charge >= 0.3 is 0 Å². The van der Waals surface area contributed by atoms with Crippen molar-refractivity contribution in [1.29, 1.82) is 0 Å². The number of anilines is 1. The Morgan fingerprint density at radius 3 is 2.58 bits per heavy atom. The third-order valence-electron chi connectivity index (χ3n) is 3.96. The smallest absolute Gasteiger partial charge is 0.0460 e. The van der Waals surface area contributed by atoms with E-state index in [1.54, 1.807) is 0 Å². The van der Waals surface area contributed by atoms with E-state index in [0.29, 0.717) is 0 Å². The molecule has 2 aromatic rings. The molecule has 3 heteroatoms. The van der Waals surface area contributed by atoms with Crippen LogP contribution in [0.3, 0.4) is 0 Å². The topological polar surface area (TPSA) is 31.1 Å². The van der Waals surface area contributed by atoms with Crippen LogP contribution in [0.2, 0.25) is 0 Å². The van der Waals surface area contributed by atoms with Gasteiger partial charge in [0.1, 0.15) is 0 Å². The van der Waals surface area contributed by atoms with Crippen LogP contribution in [0.15, 0.2) is 18.2 Å². The molecule has 0 saturated heterocycles. The quantitative estimate of drug-likeness (QED) is 0.831. The van der Waals surface area contributed by atoms with Gasteiger partial charge < -0.3 is 15.2 Å². The minimum Gasteiger partial charge on any atom is -0.384 e. The first-order valence-electron chi connectivity index (χ1n) is 7.20. The van der Waals surface area contributed by atoms with Crippen LogP contribution in [0.4, 0.5) is 5.69 Å². The molecule has 0 amide bonds. The minimum absolute atomic E-state index is 0.996. The molecule has 2 rings (SSSR count). The van der Waals surface area contributed by atoms with E-state index in [2.05, 4.69) is 61.1 Å². The minimum atomic E-state index is 0.996. The molecule has 0 radical (unpaired) electrons. The molecule has 0 bridgehead atoms. The Hall–Kier alpha value is -1.48. The molecule has 2 N–H and O–H groups in total. The van der Waals surface area contributed by atoms with Crippen LogP contribution < -0.4 is 5.32 Å². The van der Waals surface area contributed by atoms with Gasteiger partial charge in [-0.15, -0.1) is 0 Å². The SMILES string of the molecule is CCN(CC)CCNc1ccc2[nH]c(C)c(C)c2c1. The number of nitrogens with one attached hydrogen (secondary N) is 2. The van der Waals surface area contributed by atoms with Gasteiger partial charge in [0, 0.05) is 35.4 Å². The molecule has 1 aromatic heterocycles. The van der Waals surface area contributed by atoms with E-state index in [-0.39, 0.29) is 0 Å². The van der Waals surface area contributed by atoms with Crippen LogP contribution >= 0.6 is 0 Å². The number of H-pyrrole nitrogens is 1. The summed E-state index contributed by atoms with van der Waals surface area (Å²) in [5.41, 5.74) is 5.05. The van der Waals surface area contributed by atoms with Crippen LogP contribution in [0.1, 0.15) is 25.1 Å². The lowest BCUT2D eigenvalue weighted by Gasteiger charge is -2.18. The first-order chi connectivity index (χ1) is 9.15. The van der Waals surface area contributed by atoms with Crippen LogP contribution in [0.25, 0.3) is 10.9 Å². The molecular weight excluding hydrogens is 234 g/mol. The fourth-order valence-corrected chi connectivity index (χ4v) is 2.47. The number of hydrogen-bond acceptors (Lipinski definition) is 2. The summed E-state index contributed by atoms with van der Waals surface area (Å²) in [6, 6.07) is 6.56. The number of aryl methyl sites for hydroxylation is 2. The van der Waals surface area contributed by atoms with Crippen molar-refractivity contribution in [2.24, 2.45) is 0 Å². The highest BCUT2D eigenvalue weighted by Gasteiger charge is 2.05. The van der Waals surface area contributed by atoms with E-state index in [0.717, 1.165) is 26.2 Å². The van der Waals surface area contributed by atoms with E-state index in [1.165, 1.54) is 27.8 Å². The first kappa shape index (κ1) is 13.9. The maximum atomic E-state index is 3.52. The van der Waals surface area contributed by atoms with E-state index >= 15 is 0 Å². The summed E-state index contributed by atoms with van der Waals surface area (Å²) in [7, 11) is 0. The van der Waals surface area contributed by atoms with E-state index in [9.17, 15) is 0 Å². The predicted octanol–water partition coefficient (Wildman–Crippen LogP) is 3.54. The highest BCUT2D eigenvalue weighted by Crippen LogP contribution is 2.24. The van der Waals surface area contributed by atoms with Gasteiger partial charge in [0.05, 0.1) is 0 Å². The number of aromatic amines is 1. The number of rotatable bonds is 6. The Balaban J connectivity index is 2.03. The summed E-state index contributed by atoms with van der Waals surface area (Å²) >= 11 is 0. The molecule has 0 fully saturated rings. The Kier molecular flexibility index (Phi) is 4.48. The van der Waals surface area contributed by atoms with Crippen molar-refractivity contribution in [2.45, 2.75) is 27.7 Å². The molecule has 0 aliphatic rings. The molecule has 0 atom stereocenters. The highest BCUT2D eigenvalue weighted by atomic mass is 15.1. The van der Waals surface area contributed by atoms with Gasteiger partial charge in [0.15, 0.2) is 0 Å². The summed E-state index contributed by atoms with van der Waals surface area (Å²) < 4.78 is 0. The monoisotopic (exact) mass is 259 g/mol. The normalized spacial score (nSPS) is 11.4. The molecule has 1 aromatic carbocycles. The van der Waals surface area contributed by atoms with Crippen molar-refractivity contribution in [3.05, 3.63) is 29.5 Å². The van der Waals surface area contributed by atoms with Crippen LogP contribution in [0.5, 0.6) is 0 Å². The zero-order valence-electron chi connectivity index (χ0n) is 12.5. The maximum absolute atomic E-state index is 3.52. The third kappa shape index (κ3) is 3.10. The molecule has 19 heavy (non-hydrogen) atoms. The zero-order valence-corrected chi connectivity index (χ0v) is 12.5. The van der Waals surface area contributed by atoms with Gasteiger partial charge in [-0.1, -0.05) is 13.8 Å². The average molecular weight is 259 g/mol. The lowest BCUT2D eigenvalue weighted by Crippen LogP contribution is -2.28. The van der Waals surface area contributed by atoms with Gasteiger partial charge in [-0.3, -0.25) is 0 Å². The molecule has 1 heterocycles. The fourth-order valence-electron chi connectivity index (χ4n) is 2.47. The summed E-state index contributed by atoms with van der Waals surface area (Å²) in [4.78, 5) is 5.84. The number of nitrogens with zero attached hydrogens (tertiary/aromatic N) is 1. The standard InChI is InChI=1S/C16H25N3/c1-5-19(6-2)10-9-17-14-7-8-16-15(11-14)12(3)13(4)18-16/h7-8,11,17-18H,5-6,9-10H2,1-4H3. The summed E-state index contributed by atoms with van der Waals surface area (Å²) in [5.74, 6) is 0. The number of hydrogen-bond donors (Lipinski definition) is 2. The molecule has 0 spiro atoms. The summed E-state index contributed by atoms with van der Waals surface area (Å²) in [6.07, 6.45) is 0. The second-order valence-electron chi connectivity index (χ2n) is 5.09. The van der Waals surface area contributed by atoms with Crippen molar-refractivity contribution < 1.29 is 0 Å². The Labute approximate surface area is 116 Å². The summed E-state index contributed by atoms with van der Waals surface area (Å²) in [6.45, 7) is 13.0. The number of benzene rings is 1. The van der Waals surface area contributed by atoms with Crippen molar-refractivity contribution in [1.82, 2.24) is 9.88 Å². The van der Waals surface area contributed by atoms with Gasteiger partial charge in [-0.2, -0.15) is 0 Å². The van der Waals surface area contributed by atoms with Crippen LogP contribution in [-0.2, 0) is 0 Å². The highest BCUT2D eigenvalue weighted by molar-refractivity contribution is 5.87. The molecular formula is C16H25N3. The summed E-state index contributed by atoms with van der Waals surface area (Å²) in [5, 5.41) is 4.84. The number of aromatic nitrogens is 1. The average Bonchev–Trinajstić information content (AvgIpc) is 2.71. The number of fused-ring (bicyclic) bond motifs is 1. The first-order valence-corrected chi connectivity index (χ1v) is 7.20. The Bertz CT molecular complexity index is 538. The van der Waals surface area contributed by atoms with Crippen molar-refractivity contribution >= 4 is 16.6 Å². The third-order valence-corrected chi connectivity index (χ3v) is 3.96. The van der Waals surface area contributed by atoms with E-state index < -0.39 is 0 Å². The Morgan fingerprint density at radius 1 is 1.16 bits per heavy atom. The molecule has 0 saturated carbocycles.